The van der Waals surface area contributed by atoms with Crippen LogP contribution >= 0.6 is 0 Å². The molecule has 0 rings (SSSR count). The fraction of sp³-hybridized carbons (Fsp3) is 0.738. The number of carbonyl (C=O) groups excluding carboxylic acids is 3. The number of allylic oxidation sites excluding steroid dienone is 14. The zero-order valence-electron chi connectivity index (χ0n) is 46.7. The van der Waals surface area contributed by atoms with Crippen LogP contribution in [0.15, 0.2) is 85.1 Å². The Hall–Kier alpha value is -3.41. The molecule has 0 aromatic carbocycles. The van der Waals surface area contributed by atoms with Crippen molar-refractivity contribution < 1.29 is 28.6 Å². The number of hydrogen-bond donors (Lipinski definition) is 0. The first kappa shape index (κ1) is 67.6. The van der Waals surface area contributed by atoms with Crippen LogP contribution in [0, 0.1) is 0 Å². The molecule has 1 atom stereocenters. The summed E-state index contributed by atoms with van der Waals surface area (Å²) in [6.45, 7) is 6.56. The van der Waals surface area contributed by atoms with Gasteiger partial charge in [0, 0.05) is 19.3 Å². The molecule has 71 heavy (non-hydrogen) atoms. The molecule has 0 heterocycles. The minimum Gasteiger partial charge on any atom is -0.462 e. The zero-order chi connectivity index (χ0) is 51.4. The number of hydrogen-bond acceptors (Lipinski definition) is 6. The number of carbonyl (C=O) groups is 3. The van der Waals surface area contributed by atoms with Crippen molar-refractivity contribution in [2.75, 3.05) is 13.2 Å². The van der Waals surface area contributed by atoms with Gasteiger partial charge in [0.1, 0.15) is 13.2 Å². The molecule has 6 heteroatoms. The summed E-state index contributed by atoms with van der Waals surface area (Å²) in [5.74, 6) is -0.917. The lowest BCUT2D eigenvalue weighted by Crippen LogP contribution is -2.30. The highest BCUT2D eigenvalue weighted by molar-refractivity contribution is 5.71. The van der Waals surface area contributed by atoms with Crippen LogP contribution in [0.2, 0.25) is 0 Å². The highest BCUT2D eigenvalue weighted by Gasteiger charge is 2.19. The van der Waals surface area contributed by atoms with Crippen LogP contribution in [0.4, 0.5) is 0 Å². The van der Waals surface area contributed by atoms with Gasteiger partial charge in [-0.25, -0.2) is 0 Å². The summed E-state index contributed by atoms with van der Waals surface area (Å²) in [4.78, 5) is 38.2. The summed E-state index contributed by atoms with van der Waals surface area (Å²) < 4.78 is 16.9. The molecular formula is C65H112O6. The molecule has 0 radical (unpaired) electrons. The van der Waals surface area contributed by atoms with Crippen LogP contribution in [0.5, 0.6) is 0 Å². The molecule has 0 saturated carbocycles. The molecule has 0 aliphatic rings. The SMILES string of the molecule is CCCC/C=C\C/C=C\CCCCCCCC(=O)OCC(COC(=O)CCCCCCCC/C=C\C/C=C\C/C=C\CCCCCCC)OC(=O)CCCCCCCCC/C=C\C/C=C\CCCCCC. The smallest absolute Gasteiger partial charge is 0.306 e. The van der Waals surface area contributed by atoms with Crippen molar-refractivity contribution in [2.45, 2.75) is 297 Å². The molecular weight excluding hydrogens is 877 g/mol. The van der Waals surface area contributed by atoms with E-state index < -0.39 is 6.10 Å². The van der Waals surface area contributed by atoms with E-state index in [1.165, 1.54) is 135 Å². The lowest BCUT2D eigenvalue weighted by Gasteiger charge is -2.18. The fourth-order valence-corrected chi connectivity index (χ4v) is 8.26. The summed E-state index contributed by atoms with van der Waals surface area (Å²) in [6.07, 6.45) is 77.1. The minimum atomic E-state index is -0.794. The van der Waals surface area contributed by atoms with Gasteiger partial charge in [0.05, 0.1) is 0 Å². The minimum absolute atomic E-state index is 0.0912. The second-order valence-corrected chi connectivity index (χ2v) is 19.9. The second-order valence-electron chi connectivity index (χ2n) is 19.9. The summed E-state index contributed by atoms with van der Waals surface area (Å²) in [5.41, 5.74) is 0. The van der Waals surface area contributed by atoms with E-state index >= 15 is 0 Å². The van der Waals surface area contributed by atoms with Gasteiger partial charge in [0.25, 0.3) is 0 Å². The van der Waals surface area contributed by atoms with E-state index in [9.17, 15) is 14.4 Å². The molecule has 0 amide bonds. The molecule has 6 nitrogen and oxygen atoms in total. The van der Waals surface area contributed by atoms with Crippen LogP contribution in [-0.2, 0) is 28.6 Å². The predicted octanol–water partition coefficient (Wildman–Crippen LogP) is 20.3. The van der Waals surface area contributed by atoms with E-state index in [4.69, 9.17) is 14.2 Å². The molecule has 0 N–H and O–H groups in total. The second kappa shape index (κ2) is 59.2. The van der Waals surface area contributed by atoms with E-state index in [1.54, 1.807) is 0 Å². The van der Waals surface area contributed by atoms with E-state index in [0.29, 0.717) is 19.3 Å². The first-order valence-electron chi connectivity index (χ1n) is 30.1. The molecule has 0 bridgehead atoms. The Kier molecular flexibility index (Phi) is 56.3. The Morgan fingerprint density at radius 1 is 0.282 bits per heavy atom. The van der Waals surface area contributed by atoms with Gasteiger partial charge in [-0.2, -0.15) is 0 Å². The highest BCUT2D eigenvalue weighted by atomic mass is 16.6. The molecule has 0 saturated heterocycles. The van der Waals surface area contributed by atoms with Crippen molar-refractivity contribution in [3.05, 3.63) is 85.1 Å². The summed E-state index contributed by atoms with van der Waals surface area (Å²) in [7, 11) is 0. The van der Waals surface area contributed by atoms with Crippen molar-refractivity contribution in [1.82, 2.24) is 0 Å². The Morgan fingerprint density at radius 2 is 0.521 bits per heavy atom. The summed E-state index contributed by atoms with van der Waals surface area (Å²) >= 11 is 0. The molecule has 0 aromatic rings. The molecule has 0 aliphatic heterocycles. The quantitative estimate of drug-likeness (QED) is 0.0261. The molecule has 0 aliphatic carbocycles. The number of unbranched alkanes of at least 4 members (excludes halogenated alkanes) is 29. The van der Waals surface area contributed by atoms with Crippen LogP contribution < -0.4 is 0 Å². The van der Waals surface area contributed by atoms with Gasteiger partial charge in [0.15, 0.2) is 6.10 Å². The van der Waals surface area contributed by atoms with Crippen molar-refractivity contribution in [2.24, 2.45) is 0 Å². The molecule has 1 unspecified atom stereocenters. The molecule has 0 aromatic heterocycles. The zero-order valence-corrected chi connectivity index (χ0v) is 46.7. The monoisotopic (exact) mass is 989 g/mol. The standard InChI is InChI=1S/C65H112O6/c1-4-7-10-13-16-19-22-25-28-30-32-33-34-36-37-40-43-46-49-52-55-58-64(67)70-61-62(60-69-63(66)57-54-51-48-45-42-39-27-24-21-18-15-12-9-6-3)71-65(68)59-56-53-50-47-44-41-38-35-31-29-26-23-20-17-14-11-8-5-2/h15,18,20,22-25,27,29-32,34,36,62H,4-14,16-17,19,21,26,28,33,35,37-61H2,1-3H3/b18-15-,23-20-,25-22-,27-24-,31-29-,32-30-,36-34-. The number of rotatable bonds is 54. The molecule has 0 spiro atoms. The van der Waals surface area contributed by atoms with E-state index in [2.05, 4.69) is 106 Å². The largest absolute Gasteiger partial charge is 0.462 e. The Balaban J connectivity index is 4.42. The third-order valence-electron chi connectivity index (χ3n) is 12.8. The number of ether oxygens (including phenoxy) is 3. The first-order chi connectivity index (χ1) is 35.0. The van der Waals surface area contributed by atoms with Crippen LogP contribution in [0.25, 0.3) is 0 Å². The maximum Gasteiger partial charge on any atom is 0.306 e. The van der Waals surface area contributed by atoms with Gasteiger partial charge in [-0.15, -0.1) is 0 Å². The fourth-order valence-electron chi connectivity index (χ4n) is 8.26. The highest BCUT2D eigenvalue weighted by Crippen LogP contribution is 2.15. The van der Waals surface area contributed by atoms with E-state index in [-0.39, 0.29) is 31.1 Å². The lowest BCUT2D eigenvalue weighted by atomic mass is 10.1. The van der Waals surface area contributed by atoms with Gasteiger partial charge < -0.3 is 14.2 Å². The van der Waals surface area contributed by atoms with Crippen molar-refractivity contribution in [3.8, 4) is 0 Å². The van der Waals surface area contributed by atoms with E-state index in [0.717, 1.165) is 116 Å². The third kappa shape index (κ3) is 57.4. The Bertz CT molecular complexity index is 1370. The third-order valence-corrected chi connectivity index (χ3v) is 12.8. The lowest BCUT2D eigenvalue weighted by molar-refractivity contribution is -0.167. The molecule has 0 fully saturated rings. The van der Waals surface area contributed by atoms with Crippen molar-refractivity contribution in [3.63, 3.8) is 0 Å². The van der Waals surface area contributed by atoms with Crippen molar-refractivity contribution >= 4 is 17.9 Å². The van der Waals surface area contributed by atoms with Crippen molar-refractivity contribution in [1.29, 1.82) is 0 Å². The van der Waals surface area contributed by atoms with Gasteiger partial charge in [-0.05, 0) is 116 Å². The predicted molar refractivity (Wildman–Crippen MR) is 307 cm³/mol. The normalized spacial score (nSPS) is 12.7. The average molecular weight is 990 g/mol. The Morgan fingerprint density at radius 3 is 0.845 bits per heavy atom. The van der Waals surface area contributed by atoms with Crippen LogP contribution in [0.1, 0.15) is 290 Å². The summed E-state index contributed by atoms with van der Waals surface area (Å²) in [5, 5.41) is 0. The average Bonchev–Trinajstić information content (AvgIpc) is 3.37. The maximum absolute atomic E-state index is 12.9. The van der Waals surface area contributed by atoms with Crippen LogP contribution in [0.3, 0.4) is 0 Å². The first-order valence-corrected chi connectivity index (χ1v) is 30.1. The van der Waals surface area contributed by atoms with Gasteiger partial charge >= 0.3 is 17.9 Å². The Labute approximate surface area is 439 Å². The maximum atomic E-state index is 12.9. The topological polar surface area (TPSA) is 78.9 Å². The van der Waals surface area contributed by atoms with Gasteiger partial charge in [0.2, 0.25) is 0 Å². The van der Waals surface area contributed by atoms with Crippen LogP contribution in [-0.4, -0.2) is 37.2 Å². The van der Waals surface area contributed by atoms with Gasteiger partial charge in [-0.1, -0.05) is 241 Å². The molecule has 408 valence electrons. The van der Waals surface area contributed by atoms with Gasteiger partial charge in [-0.3, -0.25) is 14.4 Å². The van der Waals surface area contributed by atoms with E-state index in [1.807, 2.05) is 0 Å². The number of esters is 3. The summed E-state index contributed by atoms with van der Waals surface area (Å²) in [6, 6.07) is 0.